The molecule has 1 rings (SSSR count). The zero-order valence-electron chi connectivity index (χ0n) is 10.2. The number of rotatable bonds is 6. The van der Waals surface area contributed by atoms with E-state index in [2.05, 4.69) is 17.3 Å². The molecular weight excluding hydrogens is 204 g/mol. The molecule has 90 valence electrons. The summed E-state index contributed by atoms with van der Waals surface area (Å²) >= 11 is 0. The monoisotopic (exact) mass is 224 g/mol. The Balaban J connectivity index is 2.79. The quantitative estimate of drug-likeness (QED) is 0.730. The highest BCUT2D eigenvalue weighted by atomic mass is 16.1. The van der Waals surface area contributed by atoms with E-state index >= 15 is 0 Å². The van der Waals surface area contributed by atoms with Crippen molar-refractivity contribution in [2.75, 3.05) is 6.54 Å². The van der Waals surface area contributed by atoms with Crippen LogP contribution in [0, 0.1) is 0 Å². The Bertz CT molecular complexity index is 361. The topological polar surface area (TPSA) is 72.9 Å². The lowest BCUT2D eigenvalue weighted by atomic mass is 10.0. The fraction of sp³-hybridized carbons (Fsp3) is 0.636. The standard InChI is InChI=1S/C11H20N4O/c1-4-9-6-14-15(7-9)8-11(3,10(12)16)13-5-2/h6-7,13H,4-5,8H2,1-3H3,(H2,12,16). The summed E-state index contributed by atoms with van der Waals surface area (Å²) in [5.74, 6) is -0.358. The molecule has 3 N–H and O–H groups in total. The number of amides is 1. The molecule has 16 heavy (non-hydrogen) atoms. The van der Waals surface area contributed by atoms with E-state index in [4.69, 9.17) is 5.73 Å². The average Bonchev–Trinajstić information content (AvgIpc) is 2.65. The van der Waals surface area contributed by atoms with Crippen molar-refractivity contribution in [2.45, 2.75) is 39.3 Å². The van der Waals surface area contributed by atoms with Gasteiger partial charge in [0.2, 0.25) is 5.91 Å². The summed E-state index contributed by atoms with van der Waals surface area (Å²) in [7, 11) is 0. The Morgan fingerprint density at radius 3 is 2.75 bits per heavy atom. The Kier molecular flexibility index (Phi) is 4.06. The zero-order chi connectivity index (χ0) is 12.2. The fourth-order valence-electron chi connectivity index (χ4n) is 1.61. The van der Waals surface area contributed by atoms with Gasteiger partial charge in [-0.05, 0) is 25.5 Å². The fourth-order valence-corrected chi connectivity index (χ4v) is 1.61. The minimum absolute atomic E-state index is 0.358. The van der Waals surface area contributed by atoms with Crippen LogP contribution in [0.1, 0.15) is 26.3 Å². The predicted molar refractivity (Wildman–Crippen MR) is 62.9 cm³/mol. The highest BCUT2D eigenvalue weighted by molar-refractivity contribution is 5.84. The third-order valence-corrected chi connectivity index (χ3v) is 2.68. The Hall–Kier alpha value is -1.36. The SMILES string of the molecule is CCNC(C)(Cn1cc(CC)cn1)C(N)=O. The Morgan fingerprint density at radius 1 is 1.62 bits per heavy atom. The van der Waals surface area contributed by atoms with E-state index in [0.717, 1.165) is 12.0 Å². The number of nitrogens with one attached hydrogen (secondary N) is 1. The van der Waals surface area contributed by atoms with E-state index in [-0.39, 0.29) is 5.91 Å². The van der Waals surface area contributed by atoms with Gasteiger partial charge in [-0.3, -0.25) is 9.48 Å². The molecule has 5 heteroatoms. The summed E-state index contributed by atoms with van der Waals surface area (Å²) in [5.41, 5.74) is 5.81. The minimum Gasteiger partial charge on any atom is -0.368 e. The van der Waals surface area contributed by atoms with Crippen LogP contribution in [0.4, 0.5) is 0 Å². The van der Waals surface area contributed by atoms with Crippen molar-refractivity contribution in [2.24, 2.45) is 5.73 Å². The van der Waals surface area contributed by atoms with Gasteiger partial charge in [0.25, 0.3) is 0 Å². The van der Waals surface area contributed by atoms with E-state index in [0.29, 0.717) is 13.1 Å². The molecule has 1 unspecified atom stereocenters. The van der Waals surface area contributed by atoms with E-state index in [1.807, 2.05) is 19.3 Å². The van der Waals surface area contributed by atoms with Gasteiger partial charge in [0.1, 0.15) is 5.54 Å². The highest BCUT2D eigenvalue weighted by Gasteiger charge is 2.30. The first kappa shape index (κ1) is 12.7. The summed E-state index contributed by atoms with van der Waals surface area (Å²) in [6.45, 7) is 6.96. The number of aryl methyl sites for hydroxylation is 1. The number of nitrogens with two attached hydrogens (primary N) is 1. The van der Waals surface area contributed by atoms with Gasteiger partial charge in [-0.1, -0.05) is 13.8 Å². The van der Waals surface area contributed by atoms with Gasteiger partial charge in [-0.2, -0.15) is 5.10 Å². The van der Waals surface area contributed by atoms with Crippen LogP contribution in [0.25, 0.3) is 0 Å². The maximum Gasteiger partial charge on any atom is 0.239 e. The van der Waals surface area contributed by atoms with Gasteiger partial charge in [0.15, 0.2) is 0 Å². The van der Waals surface area contributed by atoms with E-state index in [1.54, 1.807) is 11.6 Å². The molecular formula is C11H20N4O. The van der Waals surface area contributed by atoms with Gasteiger partial charge in [0.05, 0.1) is 12.7 Å². The van der Waals surface area contributed by atoms with Crippen molar-refractivity contribution in [1.29, 1.82) is 0 Å². The van der Waals surface area contributed by atoms with E-state index < -0.39 is 5.54 Å². The van der Waals surface area contributed by atoms with Gasteiger partial charge < -0.3 is 11.1 Å². The third kappa shape index (κ3) is 2.82. The molecule has 0 aliphatic rings. The normalized spacial score (nSPS) is 14.7. The van der Waals surface area contributed by atoms with Crippen LogP contribution in [-0.4, -0.2) is 27.8 Å². The average molecular weight is 224 g/mol. The van der Waals surface area contributed by atoms with Gasteiger partial charge in [-0.15, -0.1) is 0 Å². The van der Waals surface area contributed by atoms with Gasteiger partial charge in [-0.25, -0.2) is 0 Å². The number of hydrogen-bond donors (Lipinski definition) is 2. The lowest BCUT2D eigenvalue weighted by Crippen LogP contribution is -2.55. The van der Waals surface area contributed by atoms with Crippen molar-refractivity contribution >= 4 is 5.91 Å². The summed E-state index contributed by atoms with van der Waals surface area (Å²) in [5, 5.41) is 7.30. The molecule has 1 aromatic heterocycles. The van der Waals surface area contributed by atoms with Gasteiger partial charge in [0, 0.05) is 6.20 Å². The maximum atomic E-state index is 11.4. The van der Waals surface area contributed by atoms with E-state index in [9.17, 15) is 4.79 Å². The molecule has 0 saturated carbocycles. The highest BCUT2D eigenvalue weighted by Crippen LogP contribution is 2.08. The number of aromatic nitrogens is 2. The second kappa shape index (κ2) is 5.12. The first-order valence-corrected chi connectivity index (χ1v) is 5.58. The number of nitrogens with zero attached hydrogens (tertiary/aromatic N) is 2. The molecule has 0 bridgehead atoms. The molecule has 5 nitrogen and oxygen atoms in total. The summed E-state index contributed by atoms with van der Waals surface area (Å²) < 4.78 is 1.76. The number of carbonyl (C=O) groups is 1. The van der Waals surface area contributed by atoms with Crippen LogP contribution in [0.5, 0.6) is 0 Å². The largest absolute Gasteiger partial charge is 0.368 e. The molecule has 0 aliphatic carbocycles. The van der Waals surface area contributed by atoms with Crippen molar-refractivity contribution < 1.29 is 4.79 Å². The summed E-state index contributed by atoms with van der Waals surface area (Å²) in [6, 6.07) is 0. The first-order valence-electron chi connectivity index (χ1n) is 5.58. The molecule has 1 heterocycles. The van der Waals surface area contributed by atoms with Crippen LogP contribution >= 0.6 is 0 Å². The molecule has 0 aromatic carbocycles. The molecule has 1 aromatic rings. The lowest BCUT2D eigenvalue weighted by Gasteiger charge is -2.26. The van der Waals surface area contributed by atoms with Crippen molar-refractivity contribution in [3.63, 3.8) is 0 Å². The second-order valence-corrected chi connectivity index (χ2v) is 4.13. The van der Waals surface area contributed by atoms with E-state index in [1.165, 1.54) is 0 Å². The maximum absolute atomic E-state index is 11.4. The third-order valence-electron chi connectivity index (χ3n) is 2.68. The molecule has 0 fully saturated rings. The zero-order valence-corrected chi connectivity index (χ0v) is 10.2. The number of likely N-dealkylation sites (N-methyl/N-ethyl adjacent to an activating group) is 1. The van der Waals surface area contributed by atoms with Crippen LogP contribution in [0.15, 0.2) is 12.4 Å². The molecule has 0 saturated heterocycles. The predicted octanol–water partition coefficient (Wildman–Crippen LogP) is 0.299. The lowest BCUT2D eigenvalue weighted by molar-refractivity contribution is -0.124. The van der Waals surface area contributed by atoms with Crippen molar-refractivity contribution in [3.05, 3.63) is 18.0 Å². The smallest absolute Gasteiger partial charge is 0.239 e. The molecule has 0 radical (unpaired) electrons. The summed E-state index contributed by atoms with van der Waals surface area (Å²) in [4.78, 5) is 11.4. The van der Waals surface area contributed by atoms with Crippen LogP contribution in [-0.2, 0) is 17.8 Å². The minimum atomic E-state index is -0.744. The molecule has 1 atom stereocenters. The van der Waals surface area contributed by atoms with Gasteiger partial charge >= 0.3 is 0 Å². The number of carbonyl (C=O) groups excluding carboxylic acids is 1. The number of hydrogen-bond acceptors (Lipinski definition) is 3. The molecule has 0 aliphatic heterocycles. The first-order chi connectivity index (χ1) is 7.51. The second-order valence-electron chi connectivity index (χ2n) is 4.13. The van der Waals surface area contributed by atoms with Crippen molar-refractivity contribution in [3.8, 4) is 0 Å². The summed E-state index contributed by atoms with van der Waals surface area (Å²) in [6.07, 6.45) is 4.69. The Labute approximate surface area is 96.0 Å². The molecule has 0 spiro atoms. The van der Waals surface area contributed by atoms with Crippen molar-refractivity contribution in [1.82, 2.24) is 15.1 Å². The van der Waals surface area contributed by atoms with Crippen LogP contribution in [0.2, 0.25) is 0 Å². The Morgan fingerprint density at radius 2 is 2.31 bits per heavy atom. The van der Waals surface area contributed by atoms with Crippen LogP contribution in [0.3, 0.4) is 0 Å². The molecule has 1 amide bonds. The van der Waals surface area contributed by atoms with Crippen LogP contribution < -0.4 is 11.1 Å². The number of primary amides is 1.